The molecule has 1 aromatic heterocycles. The first-order chi connectivity index (χ1) is 21.3. The van der Waals surface area contributed by atoms with Crippen LogP contribution in [0.4, 0.5) is 16.2 Å². The number of para-hydroxylation sites is 1. The largest absolute Gasteiger partial charge is 0.479 e. The van der Waals surface area contributed by atoms with Crippen LogP contribution in [0.2, 0.25) is 0 Å². The van der Waals surface area contributed by atoms with Gasteiger partial charge in [-0.2, -0.15) is 0 Å². The second-order valence-electron chi connectivity index (χ2n) is 10.4. The number of anilines is 2. The number of benzene rings is 3. The van der Waals surface area contributed by atoms with Gasteiger partial charge in [-0.15, -0.1) is 11.3 Å². The molecule has 9 nitrogen and oxygen atoms in total. The summed E-state index contributed by atoms with van der Waals surface area (Å²) < 4.78 is 11.5. The van der Waals surface area contributed by atoms with Gasteiger partial charge in [0.1, 0.15) is 11.5 Å². The predicted octanol–water partition coefficient (Wildman–Crippen LogP) is 8.75. The molecular weight excluding hydrogens is 648 g/mol. The highest BCUT2D eigenvalue weighted by Gasteiger charge is 2.26. The normalized spacial score (nSPS) is 13.2. The number of halogens is 1. The number of hydrogen-bond donors (Lipinski definition) is 3. The molecule has 1 aliphatic carbocycles. The van der Waals surface area contributed by atoms with Gasteiger partial charge >= 0.3 is 18.0 Å². The Morgan fingerprint density at radius 3 is 2.30 bits per heavy atom. The van der Waals surface area contributed by atoms with Crippen LogP contribution < -0.4 is 19.7 Å². The molecule has 228 valence electrons. The minimum absolute atomic E-state index is 0.0400. The Hall–Kier alpha value is -4.35. The Morgan fingerprint density at radius 1 is 0.909 bits per heavy atom. The number of ether oxygens (including phenoxy) is 2. The Morgan fingerprint density at radius 2 is 1.61 bits per heavy atom. The van der Waals surface area contributed by atoms with E-state index in [1.807, 2.05) is 54.6 Å². The third kappa shape index (κ3) is 7.78. The molecule has 1 fully saturated rings. The maximum atomic E-state index is 13.8. The number of urea groups is 1. The van der Waals surface area contributed by atoms with Crippen LogP contribution in [0.3, 0.4) is 0 Å². The molecule has 0 unspecified atom stereocenters. The molecule has 2 amide bonds. The molecule has 0 spiro atoms. The van der Waals surface area contributed by atoms with E-state index in [-0.39, 0.29) is 16.7 Å². The van der Waals surface area contributed by atoms with Crippen molar-refractivity contribution in [2.45, 2.75) is 32.1 Å². The van der Waals surface area contributed by atoms with Crippen LogP contribution in [0.25, 0.3) is 10.4 Å². The van der Waals surface area contributed by atoms with Gasteiger partial charge in [0.05, 0.1) is 9.35 Å². The summed E-state index contributed by atoms with van der Waals surface area (Å²) in [4.78, 5) is 39.0. The van der Waals surface area contributed by atoms with Crippen molar-refractivity contribution in [1.29, 1.82) is 0 Å². The van der Waals surface area contributed by atoms with Crippen molar-refractivity contribution in [3.63, 3.8) is 0 Å². The molecule has 0 saturated heterocycles. The molecule has 0 bridgehead atoms. The molecule has 1 saturated carbocycles. The van der Waals surface area contributed by atoms with Gasteiger partial charge < -0.3 is 25.0 Å². The minimum Gasteiger partial charge on any atom is -0.479 e. The number of aliphatic carboxylic acids is 1. The molecule has 1 heterocycles. The lowest BCUT2D eigenvalue weighted by atomic mass is 9.89. The molecule has 0 radical (unpaired) electrons. The molecule has 5 rings (SSSR count). The van der Waals surface area contributed by atoms with Gasteiger partial charge in [-0.05, 0) is 88.8 Å². The number of carboxylic acids is 2. The summed E-state index contributed by atoms with van der Waals surface area (Å²) in [6.45, 7) is -0.146. The molecule has 0 aliphatic heterocycles. The van der Waals surface area contributed by atoms with E-state index in [1.165, 1.54) is 6.42 Å². The van der Waals surface area contributed by atoms with Gasteiger partial charge in [0.2, 0.25) is 0 Å². The molecule has 3 N–H and O–H groups in total. The topological polar surface area (TPSA) is 125 Å². The number of rotatable bonds is 11. The molecule has 11 heteroatoms. The average Bonchev–Trinajstić information content (AvgIpc) is 3.37. The highest BCUT2D eigenvalue weighted by Crippen LogP contribution is 2.46. The zero-order valence-corrected chi connectivity index (χ0v) is 26.1. The van der Waals surface area contributed by atoms with Crippen LogP contribution in [0.15, 0.2) is 83.3 Å². The number of aromatic carboxylic acids is 1. The average molecular weight is 680 g/mol. The maximum absolute atomic E-state index is 13.8. The highest BCUT2D eigenvalue weighted by atomic mass is 79.9. The summed E-state index contributed by atoms with van der Waals surface area (Å²) in [5.41, 5.74) is 1.93. The molecule has 44 heavy (non-hydrogen) atoms. The third-order valence-electron chi connectivity index (χ3n) is 7.26. The van der Waals surface area contributed by atoms with E-state index in [0.29, 0.717) is 44.5 Å². The van der Waals surface area contributed by atoms with E-state index in [9.17, 15) is 19.5 Å². The second-order valence-corrected chi connectivity index (χ2v) is 12.2. The smallest absolute Gasteiger partial charge is 0.349 e. The molecule has 0 atom stereocenters. The number of nitrogens with one attached hydrogen (secondary N) is 1. The van der Waals surface area contributed by atoms with E-state index in [2.05, 4.69) is 21.2 Å². The lowest BCUT2D eigenvalue weighted by Crippen LogP contribution is -2.39. The summed E-state index contributed by atoms with van der Waals surface area (Å²) in [5, 5.41) is 21.8. The van der Waals surface area contributed by atoms with Crippen molar-refractivity contribution in [3.05, 3.63) is 88.2 Å². The monoisotopic (exact) mass is 678 g/mol. The van der Waals surface area contributed by atoms with Crippen LogP contribution in [-0.2, 0) is 4.79 Å². The standard InChI is InChI=1S/C33H31BrN2O7S/c34-28-29(42-20-27(37)38)31(32(39)40)44-30(28)22-10-7-11-24(18-22)36(19-21-8-3-1-4-9-21)33(41)35-23-14-16-26(17-15-23)43-25-12-5-2-6-13-25/h2,5-7,10-18,21H,1,3-4,8-9,19-20H2,(H,35,41)(H,37,38)(H,39,40). The van der Waals surface area contributed by atoms with E-state index < -0.39 is 18.5 Å². The van der Waals surface area contributed by atoms with Crippen LogP contribution in [-0.4, -0.2) is 41.3 Å². The van der Waals surface area contributed by atoms with Crippen LogP contribution in [0.5, 0.6) is 17.2 Å². The van der Waals surface area contributed by atoms with Gasteiger partial charge in [0.25, 0.3) is 0 Å². The van der Waals surface area contributed by atoms with E-state index >= 15 is 0 Å². The van der Waals surface area contributed by atoms with Gasteiger partial charge in [0, 0.05) is 17.9 Å². The summed E-state index contributed by atoms with van der Waals surface area (Å²) in [6, 6.07) is 23.7. The number of thiophene rings is 1. The first-order valence-electron chi connectivity index (χ1n) is 14.2. The van der Waals surface area contributed by atoms with Gasteiger partial charge in [-0.3, -0.25) is 4.90 Å². The molecule has 3 aromatic carbocycles. The first kappa shape index (κ1) is 31.1. The Labute approximate surface area is 267 Å². The number of carbonyl (C=O) groups is 3. The van der Waals surface area contributed by atoms with Gasteiger partial charge in [0.15, 0.2) is 17.2 Å². The zero-order valence-electron chi connectivity index (χ0n) is 23.7. The fourth-order valence-corrected chi connectivity index (χ4v) is 7.04. The van der Waals surface area contributed by atoms with E-state index in [4.69, 9.17) is 14.6 Å². The Balaban J connectivity index is 1.40. The Kier molecular flexibility index (Phi) is 10.2. The Bertz CT molecular complexity index is 1620. The summed E-state index contributed by atoms with van der Waals surface area (Å²) in [6.07, 6.45) is 5.53. The number of amides is 2. The predicted molar refractivity (Wildman–Crippen MR) is 173 cm³/mol. The summed E-state index contributed by atoms with van der Waals surface area (Å²) in [7, 11) is 0. The zero-order chi connectivity index (χ0) is 31.1. The minimum atomic E-state index is -1.23. The first-order valence-corrected chi connectivity index (χ1v) is 15.8. The van der Waals surface area contributed by atoms with E-state index in [1.54, 1.807) is 29.2 Å². The molecular formula is C33H31BrN2O7S. The number of carboxylic acid groups (broad SMARTS) is 2. The number of nitrogens with zero attached hydrogens (tertiary/aromatic N) is 1. The van der Waals surface area contributed by atoms with Crippen molar-refractivity contribution < 1.29 is 34.1 Å². The second kappa shape index (κ2) is 14.4. The summed E-state index contributed by atoms with van der Waals surface area (Å²) in [5.74, 6) is -0.765. The summed E-state index contributed by atoms with van der Waals surface area (Å²) >= 11 is 4.40. The highest BCUT2D eigenvalue weighted by molar-refractivity contribution is 9.10. The van der Waals surface area contributed by atoms with Crippen LogP contribution >= 0.6 is 27.3 Å². The lowest BCUT2D eigenvalue weighted by Gasteiger charge is -2.30. The van der Waals surface area contributed by atoms with Crippen molar-refractivity contribution in [1.82, 2.24) is 0 Å². The lowest BCUT2D eigenvalue weighted by molar-refractivity contribution is -0.139. The fraction of sp³-hybridized carbons (Fsp3) is 0.242. The van der Waals surface area contributed by atoms with Gasteiger partial charge in [-0.25, -0.2) is 14.4 Å². The fourth-order valence-electron chi connectivity index (χ4n) is 5.16. The van der Waals surface area contributed by atoms with E-state index in [0.717, 1.165) is 42.8 Å². The van der Waals surface area contributed by atoms with Crippen molar-refractivity contribution in [3.8, 4) is 27.7 Å². The SMILES string of the molecule is O=C(O)COc1c(C(=O)O)sc(-c2cccc(N(CC3CCCCC3)C(=O)Nc3ccc(Oc4ccccc4)cc3)c2)c1Br. The number of hydrogen-bond acceptors (Lipinski definition) is 6. The quantitative estimate of drug-likeness (QED) is 0.145. The van der Waals surface area contributed by atoms with Crippen molar-refractivity contribution in [2.24, 2.45) is 5.92 Å². The van der Waals surface area contributed by atoms with Crippen LogP contribution in [0, 0.1) is 5.92 Å². The molecule has 1 aliphatic rings. The van der Waals surface area contributed by atoms with Gasteiger partial charge in [-0.1, -0.05) is 49.6 Å². The number of carbonyl (C=O) groups excluding carboxylic acids is 1. The molecule has 4 aromatic rings. The van der Waals surface area contributed by atoms with Crippen molar-refractivity contribution >= 4 is 56.6 Å². The van der Waals surface area contributed by atoms with Crippen LogP contribution in [0.1, 0.15) is 41.8 Å². The third-order valence-corrected chi connectivity index (χ3v) is 9.49. The van der Waals surface area contributed by atoms with Crippen molar-refractivity contribution in [2.75, 3.05) is 23.4 Å². The maximum Gasteiger partial charge on any atom is 0.349 e.